The van der Waals surface area contributed by atoms with Gasteiger partial charge in [0.15, 0.2) is 5.82 Å². The van der Waals surface area contributed by atoms with Gasteiger partial charge in [-0.2, -0.15) is 5.10 Å². The number of nitrogens with one attached hydrogen (secondary N) is 1. The number of rotatable bonds is 7. The van der Waals surface area contributed by atoms with E-state index in [1.165, 1.54) is 11.9 Å². The first kappa shape index (κ1) is 22.1. The highest BCUT2D eigenvalue weighted by Gasteiger charge is 2.25. The molecular formula is C24H30N6O2S. The highest BCUT2D eigenvalue weighted by Crippen LogP contribution is 2.42. The van der Waals surface area contributed by atoms with Crippen molar-refractivity contribution >= 4 is 32.8 Å². The number of anilines is 1. The Morgan fingerprint density at radius 1 is 1.33 bits per heavy atom. The second-order valence-corrected chi connectivity index (χ2v) is 9.98. The zero-order chi connectivity index (χ0) is 23.1. The first-order chi connectivity index (χ1) is 15.9. The Bertz CT molecular complexity index is 1300. The van der Waals surface area contributed by atoms with Crippen LogP contribution >= 0.6 is 11.3 Å². The van der Waals surface area contributed by atoms with Crippen LogP contribution in [0.3, 0.4) is 0 Å². The normalized spacial score (nSPS) is 17.9. The molecule has 2 unspecified atom stereocenters. The summed E-state index contributed by atoms with van der Waals surface area (Å²) in [5.74, 6) is 1.37. The van der Waals surface area contributed by atoms with E-state index in [4.69, 9.17) is 10.5 Å². The van der Waals surface area contributed by atoms with Crippen molar-refractivity contribution in [1.29, 1.82) is 0 Å². The van der Waals surface area contributed by atoms with E-state index in [2.05, 4.69) is 51.5 Å². The molecule has 174 valence electrons. The molecule has 0 spiro atoms. The topological polar surface area (TPSA) is 101 Å². The summed E-state index contributed by atoms with van der Waals surface area (Å²) in [6.45, 7) is 7.22. The molecule has 0 amide bonds. The lowest BCUT2D eigenvalue weighted by atomic mass is 10.1. The Morgan fingerprint density at radius 3 is 2.97 bits per heavy atom. The highest BCUT2D eigenvalue weighted by molar-refractivity contribution is 7.22. The lowest BCUT2D eigenvalue weighted by Gasteiger charge is -2.17. The van der Waals surface area contributed by atoms with Crippen molar-refractivity contribution in [1.82, 2.24) is 24.8 Å². The van der Waals surface area contributed by atoms with Gasteiger partial charge in [-0.15, -0.1) is 11.3 Å². The summed E-state index contributed by atoms with van der Waals surface area (Å²) in [6, 6.07) is 9.04. The third-order valence-electron chi connectivity index (χ3n) is 6.23. The summed E-state index contributed by atoms with van der Waals surface area (Å²) in [5, 5.41) is 18.7. The van der Waals surface area contributed by atoms with Crippen molar-refractivity contribution in [3.63, 3.8) is 0 Å². The first-order valence-corrected chi connectivity index (χ1v) is 12.1. The molecule has 3 aromatic heterocycles. The predicted molar refractivity (Wildman–Crippen MR) is 133 cm³/mol. The third-order valence-corrected chi connectivity index (χ3v) is 7.43. The average molecular weight is 467 g/mol. The molecule has 1 aliphatic heterocycles. The zero-order valence-corrected chi connectivity index (χ0v) is 20.0. The molecule has 1 fully saturated rings. The molecule has 0 saturated carbocycles. The summed E-state index contributed by atoms with van der Waals surface area (Å²) in [6.07, 6.45) is 2.25. The minimum atomic E-state index is -0.334. The molecule has 1 saturated heterocycles. The van der Waals surface area contributed by atoms with Crippen molar-refractivity contribution in [2.24, 2.45) is 0 Å². The molecule has 0 aliphatic carbocycles. The van der Waals surface area contributed by atoms with Gasteiger partial charge in [-0.1, -0.05) is 6.07 Å². The van der Waals surface area contributed by atoms with Crippen LogP contribution in [-0.2, 0) is 6.54 Å². The molecule has 5 rings (SSSR count). The van der Waals surface area contributed by atoms with E-state index < -0.39 is 0 Å². The van der Waals surface area contributed by atoms with Gasteiger partial charge < -0.3 is 20.9 Å². The largest absolute Gasteiger partial charge is 0.495 e. The maximum Gasteiger partial charge on any atom is 0.152 e. The third kappa shape index (κ3) is 4.29. The Labute approximate surface area is 197 Å². The fourth-order valence-electron chi connectivity index (χ4n) is 4.69. The minimum absolute atomic E-state index is 0.334. The summed E-state index contributed by atoms with van der Waals surface area (Å²) < 4.78 is 8.69. The Balaban J connectivity index is 1.50. The fraction of sp³-hybridized carbons (Fsp3) is 0.417. The number of fused-ring (bicyclic) bond motifs is 2. The van der Waals surface area contributed by atoms with Crippen LogP contribution in [0, 0.1) is 6.92 Å². The van der Waals surface area contributed by atoms with Crippen LogP contribution in [-0.4, -0.2) is 63.5 Å². The van der Waals surface area contributed by atoms with Crippen LogP contribution in [0.5, 0.6) is 5.75 Å². The molecule has 8 nitrogen and oxygen atoms in total. The smallest absolute Gasteiger partial charge is 0.152 e. The van der Waals surface area contributed by atoms with E-state index in [9.17, 15) is 5.11 Å². The van der Waals surface area contributed by atoms with Gasteiger partial charge in [-0.25, -0.2) is 9.50 Å². The van der Waals surface area contributed by atoms with Crippen LogP contribution < -0.4 is 15.8 Å². The number of aromatic nitrogens is 3. The molecule has 4 heterocycles. The van der Waals surface area contributed by atoms with Gasteiger partial charge in [-0.05, 0) is 49.4 Å². The Hall–Kier alpha value is -2.72. The number of likely N-dealkylation sites (tertiary alicyclic amines) is 1. The molecule has 1 aliphatic rings. The maximum atomic E-state index is 9.56. The molecule has 0 radical (unpaired) electrons. The number of aryl methyl sites for hydroxylation is 1. The van der Waals surface area contributed by atoms with Gasteiger partial charge in [-0.3, -0.25) is 4.90 Å². The van der Waals surface area contributed by atoms with Gasteiger partial charge in [0.25, 0.3) is 0 Å². The number of hydrogen-bond donors (Lipinski definition) is 3. The van der Waals surface area contributed by atoms with Crippen molar-refractivity contribution in [3.8, 4) is 16.2 Å². The summed E-state index contributed by atoms with van der Waals surface area (Å²) >= 11 is 1.70. The number of nitrogens with two attached hydrogens (primary N) is 1. The van der Waals surface area contributed by atoms with Gasteiger partial charge in [0, 0.05) is 42.7 Å². The summed E-state index contributed by atoms with van der Waals surface area (Å²) in [7, 11) is 1.71. The van der Waals surface area contributed by atoms with E-state index in [1.807, 2.05) is 11.4 Å². The number of ether oxygens (including phenoxy) is 1. The van der Waals surface area contributed by atoms with Crippen LogP contribution in [0.2, 0.25) is 0 Å². The van der Waals surface area contributed by atoms with Crippen molar-refractivity contribution in [2.45, 2.75) is 39.0 Å². The SMILES string of the molecule is COc1cc(C)cc2cc(-c3cc(CN4CCC(NCC(C)O)C4)n4ncnc(N)c34)sc12. The van der Waals surface area contributed by atoms with Gasteiger partial charge in [0.2, 0.25) is 0 Å². The molecule has 33 heavy (non-hydrogen) atoms. The second-order valence-electron chi connectivity index (χ2n) is 8.93. The number of nitrogen functional groups attached to an aromatic ring is 1. The lowest BCUT2D eigenvalue weighted by Crippen LogP contribution is -2.36. The van der Waals surface area contributed by atoms with Crippen molar-refractivity contribution in [2.75, 3.05) is 32.5 Å². The number of hydrogen-bond acceptors (Lipinski definition) is 8. The Morgan fingerprint density at radius 2 is 2.18 bits per heavy atom. The quantitative estimate of drug-likeness (QED) is 0.385. The number of aliphatic hydroxyl groups is 1. The van der Waals surface area contributed by atoms with E-state index in [0.29, 0.717) is 18.4 Å². The van der Waals surface area contributed by atoms with Crippen LogP contribution in [0.4, 0.5) is 5.82 Å². The van der Waals surface area contributed by atoms with Gasteiger partial charge in [0.1, 0.15) is 17.6 Å². The minimum Gasteiger partial charge on any atom is -0.495 e. The fourth-order valence-corrected chi connectivity index (χ4v) is 5.84. The number of aliphatic hydroxyl groups excluding tert-OH is 1. The van der Waals surface area contributed by atoms with E-state index in [1.54, 1.807) is 18.4 Å². The lowest BCUT2D eigenvalue weighted by molar-refractivity contribution is 0.185. The molecular weight excluding hydrogens is 436 g/mol. The standard InChI is InChI=1S/C24H30N6O2S/c1-14-6-16-8-21(33-23(16)20(7-14)32-3)19-9-18(30-22(19)24(25)27-13-28-30)12-29-5-4-17(11-29)26-10-15(2)31/h6-9,13,15,17,26,31H,4-5,10-12H2,1-3H3,(H2,25,27,28). The predicted octanol–water partition coefficient (Wildman–Crippen LogP) is 3.05. The zero-order valence-electron chi connectivity index (χ0n) is 19.2. The second kappa shape index (κ2) is 8.90. The number of methoxy groups -OCH3 is 1. The van der Waals surface area contributed by atoms with E-state index in [0.717, 1.165) is 63.5 Å². The highest BCUT2D eigenvalue weighted by atomic mass is 32.1. The Kier molecular flexibility index (Phi) is 5.96. The van der Waals surface area contributed by atoms with Crippen molar-refractivity contribution < 1.29 is 9.84 Å². The van der Waals surface area contributed by atoms with Crippen LogP contribution in [0.1, 0.15) is 24.6 Å². The van der Waals surface area contributed by atoms with Gasteiger partial charge >= 0.3 is 0 Å². The number of thiophene rings is 1. The number of benzene rings is 1. The monoisotopic (exact) mass is 466 g/mol. The number of nitrogens with zero attached hydrogens (tertiary/aromatic N) is 4. The molecule has 0 bridgehead atoms. The molecule has 9 heteroatoms. The summed E-state index contributed by atoms with van der Waals surface area (Å²) in [5.41, 5.74) is 10.5. The van der Waals surface area contributed by atoms with Gasteiger partial charge in [0.05, 0.1) is 23.6 Å². The molecule has 2 atom stereocenters. The van der Waals surface area contributed by atoms with E-state index >= 15 is 0 Å². The van der Waals surface area contributed by atoms with Crippen LogP contribution in [0.15, 0.2) is 30.6 Å². The molecule has 1 aromatic carbocycles. The van der Waals surface area contributed by atoms with Crippen molar-refractivity contribution in [3.05, 3.63) is 41.9 Å². The van der Waals surface area contributed by atoms with Crippen LogP contribution in [0.25, 0.3) is 26.0 Å². The average Bonchev–Trinajstić information content (AvgIpc) is 3.49. The van der Waals surface area contributed by atoms with E-state index in [-0.39, 0.29) is 6.10 Å². The first-order valence-electron chi connectivity index (χ1n) is 11.3. The maximum absolute atomic E-state index is 9.56. The molecule has 4 N–H and O–H groups in total. The molecule has 4 aromatic rings. The summed E-state index contributed by atoms with van der Waals surface area (Å²) in [4.78, 5) is 7.81.